The van der Waals surface area contributed by atoms with Gasteiger partial charge in [-0.2, -0.15) is 0 Å². The van der Waals surface area contributed by atoms with Gasteiger partial charge >= 0.3 is 0 Å². The first kappa shape index (κ1) is 25.4. The molecular formula is C28H31N3O4S. The Kier molecular flexibility index (Phi) is 7.74. The van der Waals surface area contributed by atoms with E-state index in [1.165, 1.54) is 0 Å². The molecule has 0 N–H and O–H groups in total. The smallest absolute Gasteiger partial charge is 0.254 e. The Labute approximate surface area is 212 Å². The maximum Gasteiger partial charge on any atom is 0.254 e. The van der Waals surface area contributed by atoms with E-state index in [9.17, 15) is 13.2 Å². The molecule has 4 rings (SSSR count). The van der Waals surface area contributed by atoms with Gasteiger partial charge in [-0.25, -0.2) is 13.4 Å². The molecule has 36 heavy (non-hydrogen) atoms. The zero-order valence-corrected chi connectivity index (χ0v) is 21.6. The summed E-state index contributed by atoms with van der Waals surface area (Å²) in [4.78, 5) is 19.5. The number of nitrogens with zero attached hydrogens (tertiary/aromatic N) is 3. The molecule has 2 heterocycles. The summed E-state index contributed by atoms with van der Waals surface area (Å²) in [5, 5.41) is 0.0239. The lowest BCUT2D eigenvalue weighted by molar-refractivity contribution is 0.0712. The highest BCUT2D eigenvalue weighted by Crippen LogP contribution is 2.22. The van der Waals surface area contributed by atoms with Crippen molar-refractivity contribution in [2.75, 3.05) is 0 Å². The molecule has 7 nitrogen and oxygen atoms in total. The predicted molar refractivity (Wildman–Crippen MR) is 138 cm³/mol. The largest absolute Gasteiger partial charge is 0.467 e. The molecule has 0 atom stereocenters. The Bertz CT molecular complexity index is 1390. The van der Waals surface area contributed by atoms with Gasteiger partial charge in [0.05, 0.1) is 37.0 Å². The summed E-state index contributed by atoms with van der Waals surface area (Å²) in [5.74, 6) is 0.510. The van der Waals surface area contributed by atoms with Crippen LogP contribution < -0.4 is 0 Å². The number of amides is 1. The summed E-state index contributed by atoms with van der Waals surface area (Å²) in [7, 11) is -3.70. The van der Waals surface area contributed by atoms with Crippen LogP contribution in [0.2, 0.25) is 0 Å². The molecule has 2 aromatic carbocycles. The lowest BCUT2D eigenvalue weighted by Crippen LogP contribution is -2.31. The number of carbonyl (C=O) groups is 1. The van der Waals surface area contributed by atoms with Crippen LogP contribution in [0, 0.1) is 12.8 Å². The van der Waals surface area contributed by atoms with Gasteiger partial charge < -0.3 is 13.9 Å². The van der Waals surface area contributed by atoms with E-state index >= 15 is 0 Å². The summed E-state index contributed by atoms with van der Waals surface area (Å²) >= 11 is 0. The second-order valence-electron chi connectivity index (χ2n) is 9.39. The average Bonchev–Trinajstić information content (AvgIpc) is 3.49. The van der Waals surface area contributed by atoms with Crippen LogP contribution in [0.5, 0.6) is 0 Å². The Balaban J connectivity index is 1.68. The highest BCUT2D eigenvalue weighted by molar-refractivity contribution is 7.90. The molecule has 0 unspecified atom stereocenters. The number of furan rings is 1. The van der Waals surface area contributed by atoms with Crippen LogP contribution in [0.1, 0.15) is 46.8 Å². The van der Waals surface area contributed by atoms with Crippen LogP contribution in [0.25, 0.3) is 0 Å². The monoisotopic (exact) mass is 505 g/mol. The van der Waals surface area contributed by atoms with Crippen LogP contribution in [0.4, 0.5) is 0 Å². The second kappa shape index (κ2) is 11.0. The first-order valence-corrected chi connectivity index (χ1v) is 13.6. The summed E-state index contributed by atoms with van der Waals surface area (Å²) in [6.07, 6.45) is 3.14. The third kappa shape index (κ3) is 6.12. The van der Waals surface area contributed by atoms with Crippen molar-refractivity contribution >= 4 is 15.7 Å². The van der Waals surface area contributed by atoms with Crippen molar-refractivity contribution in [1.29, 1.82) is 0 Å². The van der Waals surface area contributed by atoms with Crippen molar-refractivity contribution in [1.82, 2.24) is 14.5 Å². The molecule has 0 fully saturated rings. The van der Waals surface area contributed by atoms with E-state index in [1.54, 1.807) is 52.3 Å². The number of hydrogen-bond acceptors (Lipinski definition) is 5. The summed E-state index contributed by atoms with van der Waals surface area (Å²) in [6.45, 7) is 6.92. The molecule has 4 aromatic rings. The zero-order chi connectivity index (χ0) is 25.7. The molecule has 0 saturated carbocycles. The number of hydrogen-bond donors (Lipinski definition) is 0. The van der Waals surface area contributed by atoms with Gasteiger partial charge in [-0.05, 0) is 42.7 Å². The van der Waals surface area contributed by atoms with E-state index in [1.807, 2.05) is 57.2 Å². The standard InChI is InChI=1S/C28H31N3O4S/c1-21(2)17-31-25(16-29-28(31)36(33,34)20-23-8-5-4-6-9-23)18-30(19-26-10-7-15-35-26)27(32)24-13-11-22(3)12-14-24/h4-16,21H,17-20H2,1-3H3. The molecular weight excluding hydrogens is 474 g/mol. The Hall–Kier alpha value is -3.65. The molecule has 188 valence electrons. The molecule has 0 bridgehead atoms. The topological polar surface area (TPSA) is 85.4 Å². The summed E-state index contributed by atoms with van der Waals surface area (Å²) < 4.78 is 34.0. The number of carbonyl (C=O) groups excluding carboxylic acids is 1. The fourth-order valence-electron chi connectivity index (χ4n) is 4.05. The number of imidazole rings is 1. The Morgan fingerprint density at radius 3 is 2.36 bits per heavy atom. The fraction of sp³-hybridized carbons (Fsp3) is 0.286. The minimum absolute atomic E-state index is 0.0239. The minimum atomic E-state index is -3.70. The van der Waals surface area contributed by atoms with E-state index in [-0.39, 0.29) is 35.8 Å². The van der Waals surface area contributed by atoms with Gasteiger partial charge in [0.25, 0.3) is 5.91 Å². The number of aromatic nitrogens is 2. The van der Waals surface area contributed by atoms with Gasteiger partial charge in [-0.15, -0.1) is 0 Å². The minimum Gasteiger partial charge on any atom is -0.467 e. The Morgan fingerprint density at radius 1 is 1.00 bits per heavy atom. The van der Waals surface area contributed by atoms with Gasteiger partial charge in [-0.1, -0.05) is 61.9 Å². The number of rotatable bonds is 10. The van der Waals surface area contributed by atoms with E-state index < -0.39 is 9.84 Å². The van der Waals surface area contributed by atoms with E-state index in [4.69, 9.17) is 4.42 Å². The van der Waals surface area contributed by atoms with Gasteiger partial charge in [0.1, 0.15) is 5.76 Å². The molecule has 2 aromatic heterocycles. The zero-order valence-electron chi connectivity index (χ0n) is 20.8. The van der Waals surface area contributed by atoms with E-state index in [0.717, 1.165) is 5.56 Å². The van der Waals surface area contributed by atoms with Crippen LogP contribution in [-0.4, -0.2) is 28.8 Å². The van der Waals surface area contributed by atoms with E-state index in [2.05, 4.69) is 4.98 Å². The van der Waals surface area contributed by atoms with Crippen LogP contribution >= 0.6 is 0 Å². The maximum atomic E-state index is 13.5. The van der Waals surface area contributed by atoms with Gasteiger partial charge in [0, 0.05) is 12.1 Å². The average molecular weight is 506 g/mol. The maximum absolute atomic E-state index is 13.5. The van der Waals surface area contributed by atoms with E-state index in [0.29, 0.717) is 29.1 Å². The van der Waals surface area contributed by atoms with Crippen LogP contribution in [-0.2, 0) is 35.2 Å². The van der Waals surface area contributed by atoms with Crippen molar-refractivity contribution in [2.45, 2.75) is 51.3 Å². The van der Waals surface area contributed by atoms with Crippen molar-refractivity contribution in [3.05, 3.63) is 107 Å². The SMILES string of the molecule is Cc1ccc(C(=O)N(Cc2ccco2)Cc2cnc(S(=O)(=O)Cc3ccccc3)n2CC(C)C)cc1. The van der Waals surface area contributed by atoms with Crippen molar-refractivity contribution in [3.8, 4) is 0 Å². The normalized spacial score (nSPS) is 11.7. The molecule has 0 saturated heterocycles. The fourth-order valence-corrected chi connectivity index (χ4v) is 5.55. The lowest BCUT2D eigenvalue weighted by Gasteiger charge is -2.23. The van der Waals surface area contributed by atoms with Crippen molar-refractivity contribution in [3.63, 3.8) is 0 Å². The van der Waals surface area contributed by atoms with Crippen molar-refractivity contribution in [2.24, 2.45) is 5.92 Å². The first-order chi connectivity index (χ1) is 17.2. The molecule has 0 spiro atoms. The third-order valence-corrected chi connectivity index (χ3v) is 7.39. The highest BCUT2D eigenvalue weighted by atomic mass is 32.2. The van der Waals surface area contributed by atoms with Gasteiger partial charge in [-0.3, -0.25) is 4.79 Å². The molecule has 0 aliphatic carbocycles. The molecule has 1 amide bonds. The van der Waals surface area contributed by atoms with Gasteiger partial charge in [0.2, 0.25) is 15.0 Å². The summed E-state index contributed by atoms with van der Waals surface area (Å²) in [5.41, 5.74) is 2.97. The number of aryl methyl sites for hydroxylation is 1. The van der Waals surface area contributed by atoms with Crippen LogP contribution in [0.3, 0.4) is 0 Å². The number of benzene rings is 2. The lowest BCUT2D eigenvalue weighted by atomic mass is 10.1. The molecule has 0 aliphatic rings. The quantitative estimate of drug-likeness (QED) is 0.294. The summed E-state index contributed by atoms with van der Waals surface area (Å²) in [6, 6.07) is 20.1. The van der Waals surface area contributed by atoms with Crippen LogP contribution in [0.15, 0.2) is 88.8 Å². The molecule has 0 radical (unpaired) electrons. The number of sulfone groups is 1. The van der Waals surface area contributed by atoms with Gasteiger partial charge in [0.15, 0.2) is 0 Å². The molecule has 0 aliphatic heterocycles. The first-order valence-electron chi connectivity index (χ1n) is 11.9. The third-order valence-electron chi connectivity index (χ3n) is 5.79. The molecule has 8 heteroatoms. The van der Waals surface area contributed by atoms with Crippen molar-refractivity contribution < 1.29 is 17.6 Å². The Morgan fingerprint density at radius 2 is 1.72 bits per heavy atom. The second-order valence-corrected chi connectivity index (χ2v) is 11.3. The highest BCUT2D eigenvalue weighted by Gasteiger charge is 2.27. The predicted octanol–water partition coefficient (Wildman–Crippen LogP) is 5.26.